The van der Waals surface area contributed by atoms with Crippen LogP contribution in [0.3, 0.4) is 0 Å². The molecule has 1 saturated heterocycles. The molecule has 2 amide bonds. The van der Waals surface area contributed by atoms with E-state index < -0.39 is 17.3 Å². The molecule has 7 rings (SSSR count). The van der Waals surface area contributed by atoms with Crippen LogP contribution < -0.4 is 4.90 Å². The summed E-state index contributed by atoms with van der Waals surface area (Å²) in [5.41, 5.74) is 4.56. The largest absolute Gasteiger partial charge is 0.459 e. The molecule has 2 bridgehead atoms. The van der Waals surface area contributed by atoms with Crippen LogP contribution in [0.15, 0.2) is 72.8 Å². The molecule has 0 N–H and O–H groups in total. The fourth-order valence-electron chi connectivity index (χ4n) is 6.39. The number of amides is 2. The highest BCUT2D eigenvalue weighted by Crippen LogP contribution is 2.67. The first-order valence-electron chi connectivity index (χ1n) is 11.7. The average Bonchev–Trinajstić information content (AvgIpc) is 3.04. The Kier molecular flexibility index (Phi) is 4.37. The van der Waals surface area contributed by atoms with Gasteiger partial charge in [0.05, 0.1) is 28.7 Å². The molecule has 0 radical (unpaired) electrons. The van der Waals surface area contributed by atoms with E-state index in [1.54, 1.807) is 38.1 Å². The maximum absolute atomic E-state index is 14.1. The molecule has 1 aliphatic heterocycles. The zero-order valence-corrected chi connectivity index (χ0v) is 19.3. The van der Waals surface area contributed by atoms with Gasteiger partial charge in [-0.2, -0.15) is 0 Å². The molecule has 34 heavy (non-hydrogen) atoms. The summed E-state index contributed by atoms with van der Waals surface area (Å²) in [5.74, 6) is -1.60. The van der Waals surface area contributed by atoms with Crippen LogP contribution in [0, 0.1) is 11.3 Å². The maximum atomic E-state index is 14.1. The zero-order chi connectivity index (χ0) is 23.8. The number of anilines is 1. The highest BCUT2D eigenvalue weighted by molar-refractivity contribution is 6.25. The highest BCUT2D eigenvalue weighted by Gasteiger charge is 2.68. The summed E-state index contributed by atoms with van der Waals surface area (Å²) in [6, 6.07) is 23.0. The van der Waals surface area contributed by atoms with Gasteiger partial charge >= 0.3 is 5.97 Å². The molecular formula is C29H25NO4. The van der Waals surface area contributed by atoms with Crippen LogP contribution >= 0.6 is 0 Å². The zero-order valence-electron chi connectivity index (χ0n) is 19.3. The van der Waals surface area contributed by atoms with Crippen molar-refractivity contribution in [1.82, 2.24) is 0 Å². The molecule has 3 aromatic rings. The number of imide groups is 1. The van der Waals surface area contributed by atoms with Crippen LogP contribution in [0.1, 0.15) is 65.2 Å². The smallest absolute Gasteiger partial charge is 0.338 e. The molecule has 0 unspecified atom stereocenters. The standard InChI is InChI=1S/C29H25NO4/c1-16(2)34-27(32)17-12-14-18(15-13-17)30-26(31)25-23-19-8-4-6-10-21(19)24(29(25,3)28(30)33)22-11-7-5-9-20(22)23/h4-16,23-25H,1-3H3/t23?,24?,25-,29+/m1/s1. The van der Waals surface area contributed by atoms with Crippen LogP contribution in [0.25, 0.3) is 0 Å². The van der Waals surface area contributed by atoms with Gasteiger partial charge in [-0.05, 0) is 67.3 Å². The van der Waals surface area contributed by atoms with Crippen LogP contribution in [0.5, 0.6) is 0 Å². The second kappa shape index (κ2) is 7.13. The predicted molar refractivity (Wildman–Crippen MR) is 128 cm³/mol. The van der Waals surface area contributed by atoms with Crippen molar-refractivity contribution in [3.63, 3.8) is 0 Å². The highest BCUT2D eigenvalue weighted by atomic mass is 16.5. The summed E-state index contributed by atoms with van der Waals surface area (Å²) in [5, 5.41) is 0. The Labute approximate surface area is 198 Å². The summed E-state index contributed by atoms with van der Waals surface area (Å²) < 4.78 is 5.26. The summed E-state index contributed by atoms with van der Waals surface area (Å²) in [6.45, 7) is 5.54. The third-order valence-electron chi connectivity index (χ3n) is 7.72. The third kappa shape index (κ3) is 2.58. The fourth-order valence-corrected chi connectivity index (χ4v) is 6.39. The van der Waals surface area contributed by atoms with Gasteiger partial charge in [0.15, 0.2) is 0 Å². The summed E-state index contributed by atoms with van der Waals surface area (Å²) in [7, 11) is 0. The number of rotatable bonds is 3. The van der Waals surface area contributed by atoms with E-state index in [2.05, 4.69) is 24.3 Å². The first kappa shape index (κ1) is 20.8. The van der Waals surface area contributed by atoms with Gasteiger partial charge in [0.2, 0.25) is 11.8 Å². The van der Waals surface area contributed by atoms with Crippen molar-refractivity contribution in [2.75, 3.05) is 4.90 Å². The molecule has 0 aromatic heterocycles. The van der Waals surface area contributed by atoms with Gasteiger partial charge < -0.3 is 4.74 Å². The van der Waals surface area contributed by atoms with E-state index in [4.69, 9.17) is 4.74 Å². The Balaban J connectivity index is 1.45. The van der Waals surface area contributed by atoms with Gasteiger partial charge in [-0.3, -0.25) is 9.59 Å². The lowest BCUT2D eigenvalue weighted by Gasteiger charge is -2.51. The van der Waals surface area contributed by atoms with Crippen molar-refractivity contribution in [3.8, 4) is 0 Å². The van der Waals surface area contributed by atoms with Crippen molar-refractivity contribution in [2.24, 2.45) is 11.3 Å². The molecule has 4 aliphatic rings. The molecule has 3 aliphatic carbocycles. The van der Waals surface area contributed by atoms with E-state index in [0.717, 1.165) is 22.3 Å². The Morgan fingerprint density at radius 1 is 0.853 bits per heavy atom. The first-order chi connectivity index (χ1) is 16.3. The van der Waals surface area contributed by atoms with E-state index >= 15 is 0 Å². The van der Waals surface area contributed by atoms with E-state index in [9.17, 15) is 14.4 Å². The number of carbonyl (C=O) groups is 3. The minimum Gasteiger partial charge on any atom is -0.459 e. The maximum Gasteiger partial charge on any atom is 0.338 e. The number of benzene rings is 3. The normalized spacial score (nSPS) is 26.4. The molecule has 170 valence electrons. The minimum absolute atomic E-state index is 0.163. The van der Waals surface area contributed by atoms with Crippen molar-refractivity contribution in [2.45, 2.75) is 38.7 Å². The van der Waals surface area contributed by atoms with Crippen LogP contribution in [0.4, 0.5) is 5.69 Å². The Morgan fingerprint density at radius 3 is 1.91 bits per heavy atom. The Hall–Kier alpha value is -3.73. The van der Waals surface area contributed by atoms with E-state index in [-0.39, 0.29) is 29.8 Å². The van der Waals surface area contributed by atoms with Crippen LogP contribution in [-0.2, 0) is 14.3 Å². The number of hydrogen-bond acceptors (Lipinski definition) is 4. The topological polar surface area (TPSA) is 63.7 Å². The van der Waals surface area contributed by atoms with E-state index in [0.29, 0.717) is 11.3 Å². The van der Waals surface area contributed by atoms with Crippen molar-refractivity contribution in [1.29, 1.82) is 0 Å². The Bertz CT molecular complexity index is 1310. The van der Waals surface area contributed by atoms with Gasteiger partial charge in [0.1, 0.15) is 0 Å². The average molecular weight is 452 g/mol. The van der Waals surface area contributed by atoms with Crippen molar-refractivity contribution in [3.05, 3.63) is 101 Å². The lowest BCUT2D eigenvalue weighted by atomic mass is 9.48. The predicted octanol–water partition coefficient (Wildman–Crippen LogP) is 5.04. The molecule has 0 saturated carbocycles. The SMILES string of the molecule is CC(C)OC(=O)c1ccc(N2C(=O)[C@H]3C4c5ccccc5C(c5ccccc54)[C@]3(C)C2=O)cc1. The van der Waals surface area contributed by atoms with E-state index in [1.807, 2.05) is 31.2 Å². The molecule has 1 heterocycles. The van der Waals surface area contributed by atoms with Gasteiger partial charge in [0.25, 0.3) is 0 Å². The fraction of sp³-hybridized carbons (Fsp3) is 0.276. The lowest BCUT2D eigenvalue weighted by Crippen LogP contribution is -2.49. The molecule has 5 heteroatoms. The van der Waals surface area contributed by atoms with Crippen LogP contribution in [0.2, 0.25) is 0 Å². The second-order valence-corrected chi connectivity index (χ2v) is 9.91. The first-order valence-corrected chi connectivity index (χ1v) is 11.7. The second-order valence-electron chi connectivity index (χ2n) is 9.91. The lowest BCUT2D eigenvalue weighted by molar-refractivity contribution is -0.128. The van der Waals surface area contributed by atoms with E-state index in [1.165, 1.54) is 4.90 Å². The molecule has 2 atom stereocenters. The number of carbonyl (C=O) groups excluding carboxylic acids is 3. The van der Waals surface area contributed by atoms with Crippen molar-refractivity contribution < 1.29 is 19.1 Å². The van der Waals surface area contributed by atoms with Gasteiger partial charge in [-0.1, -0.05) is 48.5 Å². The van der Waals surface area contributed by atoms with Gasteiger partial charge in [-0.25, -0.2) is 9.69 Å². The summed E-state index contributed by atoms with van der Waals surface area (Å²) in [6.07, 6.45) is -0.226. The summed E-state index contributed by atoms with van der Waals surface area (Å²) in [4.78, 5) is 41.6. The Morgan fingerprint density at radius 2 is 1.38 bits per heavy atom. The molecule has 5 nitrogen and oxygen atoms in total. The molecule has 0 spiro atoms. The molecule has 1 fully saturated rings. The molecular weight excluding hydrogens is 426 g/mol. The van der Waals surface area contributed by atoms with Crippen LogP contribution in [-0.4, -0.2) is 23.9 Å². The quantitative estimate of drug-likeness (QED) is 0.414. The van der Waals surface area contributed by atoms with Gasteiger partial charge in [0, 0.05) is 11.8 Å². The minimum atomic E-state index is -0.875. The number of hydrogen-bond donors (Lipinski definition) is 0. The number of nitrogens with zero attached hydrogens (tertiary/aromatic N) is 1. The summed E-state index contributed by atoms with van der Waals surface area (Å²) >= 11 is 0. The van der Waals surface area contributed by atoms with Gasteiger partial charge in [-0.15, -0.1) is 0 Å². The monoisotopic (exact) mass is 451 g/mol. The molecule has 3 aromatic carbocycles. The van der Waals surface area contributed by atoms with Crippen molar-refractivity contribution >= 4 is 23.5 Å². The number of ether oxygens (including phenoxy) is 1. The third-order valence-corrected chi connectivity index (χ3v) is 7.72. The number of esters is 1.